The smallest absolute Gasteiger partial charge is 0.0714 e. The summed E-state index contributed by atoms with van der Waals surface area (Å²) in [6.45, 7) is 0. The molecule has 42 heavy (non-hydrogen) atoms. The van der Waals surface area contributed by atoms with Gasteiger partial charge < -0.3 is 0 Å². The van der Waals surface area contributed by atoms with Crippen molar-refractivity contribution in [2.24, 2.45) is 5.92 Å². The summed E-state index contributed by atoms with van der Waals surface area (Å²) >= 11 is 0. The zero-order chi connectivity index (χ0) is 27.4. The van der Waals surface area contributed by atoms with E-state index in [-0.39, 0.29) is 0 Å². The molecule has 3 unspecified atom stereocenters. The maximum absolute atomic E-state index is 4.80. The highest BCUT2D eigenvalue weighted by Crippen LogP contribution is 2.59. The van der Waals surface area contributed by atoms with Gasteiger partial charge in [-0.25, -0.2) is 0 Å². The Labute approximate surface area is 245 Å². The van der Waals surface area contributed by atoms with Crippen molar-refractivity contribution in [3.63, 3.8) is 0 Å². The number of aromatic nitrogens is 1. The van der Waals surface area contributed by atoms with E-state index in [9.17, 15) is 0 Å². The van der Waals surface area contributed by atoms with Crippen LogP contribution in [0.15, 0.2) is 139 Å². The highest BCUT2D eigenvalue weighted by Gasteiger charge is 2.44. The molecule has 0 radical (unpaired) electrons. The van der Waals surface area contributed by atoms with Gasteiger partial charge in [0.1, 0.15) is 0 Å². The van der Waals surface area contributed by atoms with Gasteiger partial charge in [0, 0.05) is 23.6 Å². The van der Waals surface area contributed by atoms with Crippen molar-refractivity contribution >= 4 is 27.1 Å². The number of pyridine rings is 1. The Morgan fingerprint density at radius 1 is 0.643 bits per heavy atom. The third-order valence-electron chi connectivity index (χ3n) is 10.3. The van der Waals surface area contributed by atoms with Gasteiger partial charge in [-0.3, -0.25) is 4.98 Å². The van der Waals surface area contributed by atoms with E-state index in [4.69, 9.17) is 4.98 Å². The number of fused-ring (bicyclic) bond motifs is 8. The Balaban J connectivity index is 1.18. The first-order valence-electron chi connectivity index (χ1n) is 15.1. The first kappa shape index (κ1) is 22.7. The molecule has 4 aliphatic rings. The largest absolute Gasteiger partial charge is 0.256 e. The summed E-state index contributed by atoms with van der Waals surface area (Å²) in [4.78, 5) is 4.80. The van der Waals surface area contributed by atoms with Gasteiger partial charge in [-0.15, -0.1) is 0 Å². The molecule has 0 N–H and O–H groups in total. The molecule has 3 atom stereocenters. The molecule has 5 aromatic carbocycles. The Morgan fingerprint density at radius 2 is 1.45 bits per heavy atom. The van der Waals surface area contributed by atoms with E-state index in [0.29, 0.717) is 17.8 Å². The van der Waals surface area contributed by atoms with Crippen LogP contribution in [0.1, 0.15) is 34.9 Å². The SMILES string of the molecule is C1=CC2c3ccccc3C3CC=C(c4ccc5c(c4)-c4cccc6c(-c7ccccn7)c7ccccc7c-5c46)C(=C1)C23. The number of benzene rings is 5. The van der Waals surface area contributed by atoms with Gasteiger partial charge in [0.2, 0.25) is 0 Å². The summed E-state index contributed by atoms with van der Waals surface area (Å²) in [5.41, 5.74) is 15.0. The fraction of sp³-hybridized carbons (Fsp3) is 0.0976. The molecule has 0 fully saturated rings. The monoisotopic (exact) mass is 533 g/mol. The summed E-state index contributed by atoms with van der Waals surface area (Å²) in [5.74, 6) is 1.60. The Bertz CT molecular complexity index is 2230. The van der Waals surface area contributed by atoms with E-state index < -0.39 is 0 Å². The van der Waals surface area contributed by atoms with Gasteiger partial charge >= 0.3 is 0 Å². The van der Waals surface area contributed by atoms with Crippen molar-refractivity contribution in [1.82, 2.24) is 4.98 Å². The molecule has 4 aliphatic carbocycles. The van der Waals surface area contributed by atoms with E-state index >= 15 is 0 Å². The standard InChI is InChI=1S/C41H27N/c1-2-10-27-26(9-1)29-14-7-13-28-25(20-21-33(27)38(28)29)24-18-19-34-36(23-24)32-15-8-16-35-39(37-17-5-6-22-42-37)30-11-3-4-12-31(30)40(34)41(32)35/h1-20,22-23,29,33,38H,21H2. The maximum Gasteiger partial charge on any atom is 0.0714 e. The van der Waals surface area contributed by atoms with Crippen LogP contribution in [0.4, 0.5) is 0 Å². The number of nitrogens with zero attached hydrogens (tertiary/aromatic N) is 1. The van der Waals surface area contributed by atoms with Crippen LogP contribution in [0.2, 0.25) is 0 Å². The van der Waals surface area contributed by atoms with Crippen molar-refractivity contribution in [3.8, 4) is 33.5 Å². The highest BCUT2D eigenvalue weighted by atomic mass is 14.7. The van der Waals surface area contributed by atoms with Gasteiger partial charge in [0.15, 0.2) is 0 Å². The van der Waals surface area contributed by atoms with Gasteiger partial charge in [-0.05, 0) is 102 Å². The van der Waals surface area contributed by atoms with E-state index in [2.05, 4.69) is 121 Å². The van der Waals surface area contributed by atoms with Crippen LogP contribution in [0.25, 0.3) is 60.6 Å². The van der Waals surface area contributed by atoms with E-state index in [1.165, 1.54) is 71.6 Å². The van der Waals surface area contributed by atoms with Gasteiger partial charge in [0.05, 0.1) is 5.69 Å². The zero-order valence-electron chi connectivity index (χ0n) is 23.1. The maximum atomic E-state index is 4.80. The summed E-state index contributed by atoms with van der Waals surface area (Å²) in [6.07, 6.45) is 12.6. The average molecular weight is 534 g/mol. The van der Waals surface area contributed by atoms with Crippen LogP contribution < -0.4 is 0 Å². The second kappa shape index (κ2) is 8.27. The Kier molecular flexibility index (Phi) is 4.46. The fourth-order valence-electron chi connectivity index (χ4n) is 8.68. The molecule has 0 bridgehead atoms. The van der Waals surface area contributed by atoms with Crippen molar-refractivity contribution in [1.29, 1.82) is 0 Å². The number of allylic oxidation sites excluding steroid dienone is 6. The van der Waals surface area contributed by atoms with Gasteiger partial charge in [0.25, 0.3) is 0 Å². The summed E-state index contributed by atoms with van der Waals surface area (Å²) in [7, 11) is 0. The molecule has 0 aliphatic heterocycles. The van der Waals surface area contributed by atoms with Crippen molar-refractivity contribution < 1.29 is 0 Å². The highest BCUT2D eigenvalue weighted by molar-refractivity contribution is 6.29. The van der Waals surface area contributed by atoms with Crippen LogP contribution in [0.5, 0.6) is 0 Å². The Morgan fingerprint density at radius 3 is 2.33 bits per heavy atom. The minimum Gasteiger partial charge on any atom is -0.256 e. The fourth-order valence-corrected chi connectivity index (χ4v) is 8.68. The number of hydrogen-bond donors (Lipinski definition) is 0. The molecular weight excluding hydrogens is 506 g/mol. The zero-order valence-corrected chi connectivity index (χ0v) is 23.1. The minimum absolute atomic E-state index is 0.485. The molecule has 0 saturated heterocycles. The van der Waals surface area contributed by atoms with Crippen LogP contribution in [-0.2, 0) is 0 Å². The summed E-state index contributed by atoms with van der Waals surface area (Å²) in [6, 6.07) is 38.3. The van der Waals surface area contributed by atoms with E-state index in [1.54, 1.807) is 5.56 Å². The molecule has 1 heteroatoms. The second-order valence-electron chi connectivity index (χ2n) is 12.1. The average Bonchev–Trinajstić information content (AvgIpc) is 3.57. The van der Waals surface area contributed by atoms with Crippen molar-refractivity contribution in [3.05, 3.63) is 156 Å². The third-order valence-corrected chi connectivity index (χ3v) is 10.3. The predicted molar refractivity (Wildman–Crippen MR) is 174 cm³/mol. The quantitative estimate of drug-likeness (QED) is 0.201. The molecule has 10 rings (SSSR count). The lowest BCUT2D eigenvalue weighted by atomic mass is 9.69. The van der Waals surface area contributed by atoms with Crippen molar-refractivity contribution in [2.75, 3.05) is 0 Å². The molecule has 1 aromatic heterocycles. The number of rotatable bonds is 2. The molecule has 6 aromatic rings. The Hall–Kier alpha value is -5.01. The molecule has 0 amide bonds. The topological polar surface area (TPSA) is 12.9 Å². The molecule has 196 valence electrons. The lowest BCUT2D eigenvalue weighted by Crippen LogP contribution is -2.20. The molecule has 0 saturated carbocycles. The summed E-state index contributed by atoms with van der Waals surface area (Å²) in [5, 5.41) is 5.20. The van der Waals surface area contributed by atoms with Crippen LogP contribution >= 0.6 is 0 Å². The lowest BCUT2D eigenvalue weighted by molar-refractivity contribution is 0.489. The first-order chi connectivity index (χ1) is 20.9. The van der Waals surface area contributed by atoms with Crippen LogP contribution in [0, 0.1) is 5.92 Å². The normalized spacial score (nSPS) is 20.7. The number of hydrogen-bond acceptors (Lipinski definition) is 1. The third kappa shape index (κ3) is 2.86. The van der Waals surface area contributed by atoms with Gasteiger partial charge in [-0.2, -0.15) is 0 Å². The van der Waals surface area contributed by atoms with E-state index in [1.807, 2.05) is 12.3 Å². The van der Waals surface area contributed by atoms with E-state index in [0.717, 1.165) is 12.1 Å². The predicted octanol–water partition coefficient (Wildman–Crippen LogP) is 10.5. The second-order valence-corrected chi connectivity index (χ2v) is 12.1. The molecule has 1 nitrogen and oxygen atoms in total. The van der Waals surface area contributed by atoms with Crippen LogP contribution in [0.3, 0.4) is 0 Å². The minimum atomic E-state index is 0.485. The van der Waals surface area contributed by atoms with Crippen LogP contribution in [-0.4, -0.2) is 4.98 Å². The van der Waals surface area contributed by atoms with Crippen molar-refractivity contribution in [2.45, 2.75) is 18.3 Å². The first-order valence-corrected chi connectivity index (χ1v) is 15.1. The summed E-state index contributed by atoms with van der Waals surface area (Å²) < 4.78 is 0. The molecule has 1 heterocycles. The molecule has 0 spiro atoms. The van der Waals surface area contributed by atoms with Gasteiger partial charge in [-0.1, -0.05) is 109 Å². The molecular formula is C41H27N. The lowest BCUT2D eigenvalue weighted by Gasteiger charge is -2.34.